The molecule has 0 aliphatic carbocycles. The van der Waals surface area contributed by atoms with Crippen molar-refractivity contribution in [3.05, 3.63) is 95.1 Å². The highest BCUT2D eigenvalue weighted by Gasteiger charge is 2.17. The van der Waals surface area contributed by atoms with Gasteiger partial charge in [0.1, 0.15) is 24.5 Å². The molecule has 4 nitrogen and oxygen atoms in total. The Hall–Kier alpha value is -3.14. The highest BCUT2D eigenvalue weighted by atomic mass is 32.2. The molecule has 2 N–H and O–H groups in total. The molecule has 29 heavy (non-hydrogen) atoms. The molecule has 0 aliphatic rings. The van der Waals surface area contributed by atoms with Crippen LogP contribution in [0.4, 0.5) is 5.69 Å². The molecule has 0 radical (unpaired) electrons. The summed E-state index contributed by atoms with van der Waals surface area (Å²) in [6, 6.07) is 22.7. The van der Waals surface area contributed by atoms with E-state index in [-0.39, 0.29) is 6.61 Å². The summed E-state index contributed by atoms with van der Waals surface area (Å²) < 4.78 is 11.5. The smallest absolute Gasteiger partial charge is 0.342 e. The molecular formula is C24H25NO3S. The van der Waals surface area contributed by atoms with Crippen molar-refractivity contribution >= 4 is 22.0 Å². The quantitative estimate of drug-likeness (QED) is 0.351. The van der Waals surface area contributed by atoms with E-state index < -0.39 is 16.3 Å². The van der Waals surface area contributed by atoms with Crippen LogP contribution >= 0.6 is 10.3 Å². The third-order valence-electron chi connectivity index (χ3n) is 4.17. The van der Waals surface area contributed by atoms with Gasteiger partial charge in [-0.3, -0.25) is 0 Å². The fraction of sp³-hybridized carbons (Fsp3) is 0.167. The minimum Gasteiger partial charge on any atom is -0.488 e. The van der Waals surface area contributed by atoms with Crippen LogP contribution in [0.2, 0.25) is 0 Å². The van der Waals surface area contributed by atoms with Gasteiger partial charge in [-0.1, -0.05) is 65.8 Å². The summed E-state index contributed by atoms with van der Waals surface area (Å²) in [5, 5.41) is 3.34. The van der Waals surface area contributed by atoms with Gasteiger partial charge in [-0.15, -0.1) is 0 Å². The third-order valence-corrected chi connectivity index (χ3v) is 4.85. The average Bonchev–Trinajstić information content (AvgIpc) is 2.73. The summed E-state index contributed by atoms with van der Waals surface area (Å²) in [5.41, 5.74) is 9.66. The van der Waals surface area contributed by atoms with Gasteiger partial charge >= 0.3 is 5.97 Å². The first kappa shape index (κ1) is 20.6. The minimum atomic E-state index is -0.467. The van der Waals surface area contributed by atoms with E-state index >= 15 is 0 Å². The molecule has 0 amide bonds. The van der Waals surface area contributed by atoms with Gasteiger partial charge in [0.25, 0.3) is 0 Å². The van der Waals surface area contributed by atoms with Crippen LogP contribution in [-0.4, -0.2) is 18.5 Å². The number of ether oxygens (including phenoxy) is 2. The van der Waals surface area contributed by atoms with Crippen molar-refractivity contribution in [3.8, 4) is 10.9 Å². The number of thiol groups is 1. The van der Waals surface area contributed by atoms with E-state index in [1.165, 1.54) is 0 Å². The molecule has 0 heterocycles. The first-order valence-corrected chi connectivity index (χ1v) is 11.5. The number of benzene rings is 3. The van der Waals surface area contributed by atoms with Gasteiger partial charge in [0.05, 0.1) is 0 Å². The number of anilines is 1. The maximum Gasteiger partial charge on any atom is 0.342 e. The molecule has 3 rings (SSSR count). The molecule has 150 valence electrons. The van der Waals surface area contributed by atoms with Crippen molar-refractivity contribution < 1.29 is 14.3 Å². The monoisotopic (exact) mass is 407 g/mol. The lowest BCUT2D eigenvalue weighted by Crippen LogP contribution is -2.10. The highest BCUT2D eigenvalue weighted by molar-refractivity contribution is 8.05. The second-order valence-corrected chi connectivity index (χ2v) is 8.79. The van der Waals surface area contributed by atoms with Crippen LogP contribution < -0.4 is 10.5 Å². The third kappa shape index (κ3) is 5.92. The van der Waals surface area contributed by atoms with Gasteiger partial charge in [0.15, 0.2) is 0 Å². The molecule has 0 unspecified atom stereocenters. The lowest BCUT2D eigenvalue weighted by molar-refractivity contribution is 0.0467. The molecule has 0 spiro atoms. The number of nitrogens with two attached hydrogens (primary N) is 1. The van der Waals surface area contributed by atoms with Gasteiger partial charge in [0, 0.05) is 11.3 Å². The zero-order valence-electron chi connectivity index (χ0n) is 16.6. The van der Waals surface area contributed by atoms with Crippen LogP contribution in [-0.2, 0) is 18.0 Å². The Labute approximate surface area is 173 Å². The summed E-state index contributed by atoms with van der Waals surface area (Å²) in [6.45, 7) is 0.531. The highest BCUT2D eigenvalue weighted by Crippen LogP contribution is 2.28. The van der Waals surface area contributed by atoms with E-state index in [0.717, 1.165) is 16.7 Å². The van der Waals surface area contributed by atoms with Crippen LogP contribution in [0, 0.1) is 5.18 Å². The van der Waals surface area contributed by atoms with E-state index in [1.807, 2.05) is 60.7 Å². The van der Waals surface area contributed by atoms with Crippen LogP contribution in [0.5, 0.6) is 5.75 Å². The Morgan fingerprint density at radius 1 is 0.931 bits per heavy atom. The number of hydrogen-bond donors (Lipinski definition) is 2. The molecule has 3 aromatic rings. The summed E-state index contributed by atoms with van der Waals surface area (Å²) in [4.78, 5) is 12.8. The number of carbonyl (C=O) groups is 1. The van der Waals surface area contributed by atoms with E-state index in [0.29, 0.717) is 23.6 Å². The first-order chi connectivity index (χ1) is 14.0. The largest absolute Gasteiger partial charge is 0.488 e. The zero-order chi connectivity index (χ0) is 20.6. The van der Waals surface area contributed by atoms with Crippen LogP contribution in [0.1, 0.15) is 27.0 Å². The molecule has 0 atom stereocenters. The van der Waals surface area contributed by atoms with E-state index in [4.69, 9.17) is 15.2 Å². The molecule has 5 heteroatoms. The van der Waals surface area contributed by atoms with Crippen molar-refractivity contribution in [1.82, 2.24) is 0 Å². The van der Waals surface area contributed by atoms with Crippen LogP contribution in [0.25, 0.3) is 0 Å². The summed E-state index contributed by atoms with van der Waals surface area (Å²) >= 11 is 0. The number of nitrogen functional groups attached to an aromatic ring is 1. The first-order valence-electron chi connectivity index (χ1n) is 9.28. The Kier molecular flexibility index (Phi) is 7.01. The number of rotatable bonds is 6. The molecule has 3 aromatic carbocycles. The minimum absolute atomic E-state index is 0.187. The Morgan fingerprint density at radius 3 is 2.10 bits per heavy atom. The Balaban J connectivity index is 1.86. The predicted octanol–water partition coefficient (Wildman–Crippen LogP) is 4.77. The maximum atomic E-state index is 12.8. The van der Waals surface area contributed by atoms with Crippen molar-refractivity contribution in [2.75, 3.05) is 18.2 Å². The lowest BCUT2D eigenvalue weighted by atomic mass is 10.1. The number of carbonyl (C=O) groups excluding carboxylic acids is 1. The fourth-order valence-electron chi connectivity index (χ4n) is 2.75. The SMILES string of the molecule is C[SH](C)#Cc1cc(OCc2ccccc2)c(C(=O)OCc2ccccc2)cc1N. The maximum absolute atomic E-state index is 12.8. The lowest BCUT2D eigenvalue weighted by Gasteiger charge is -2.14. The molecule has 0 aromatic heterocycles. The summed E-state index contributed by atoms with van der Waals surface area (Å²) in [6.07, 6.45) is 4.17. The Morgan fingerprint density at radius 2 is 1.52 bits per heavy atom. The molecule has 0 saturated carbocycles. The topological polar surface area (TPSA) is 61.5 Å². The van der Waals surface area contributed by atoms with Gasteiger partial charge in [0.2, 0.25) is 0 Å². The van der Waals surface area contributed by atoms with E-state index in [2.05, 4.69) is 17.7 Å². The average molecular weight is 408 g/mol. The molecule has 0 fully saturated rings. The fourth-order valence-corrected chi connectivity index (χ4v) is 3.42. The standard InChI is InChI=1S/C24H25NO3S/c1-29(2)17-20-13-23(27-15-18-9-5-3-6-10-18)21(14-22(20)25)24(26)28-16-19-11-7-4-8-12-19/h3-14,29H,15-16,25H2,1-2H3. The summed E-state index contributed by atoms with van der Waals surface area (Å²) in [5.74, 6) is -0.0223. The van der Waals surface area contributed by atoms with Crippen LogP contribution in [0.15, 0.2) is 72.8 Å². The second-order valence-electron chi connectivity index (χ2n) is 6.78. The van der Waals surface area contributed by atoms with Crippen molar-refractivity contribution in [2.24, 2.45) is 0 Å². The normalized spacial score (nSPS) is 10.4. The summed E-state index contributed by atoms with van der Waals surface area (Å²) in [7, 11) is -0.422. The van der Waals surface area contributed by atoms with Crippen molar-refractivity contribution in [1.29, 1.82) is 0 Å². The van der Waals surface area contributed by atoms with E-state index in [9.17, 15) is 4.79 Å². The zero-order valence-corrected chi connectivity index (χ0v) is 17.5. The van der Waals surface area contributed by atoms with E-state index in [1.54, 1.807) is 12.1 Å². The number of esters is 1. The molecule has 0 bridgehead atoms. The molecule has 0 aliphatic heterocycles. The van der Waals surface area contributed by atoms with Gasteiger partial charge in [-0.05, 0) is 35.8 Å². The Bertz CT molecular complexity index is 1060. The molecular weight excluding hydrogens is 382 g/mol. The van der Waals surface area contributed by atoms with Crippen molar-refractivity contribution in [3.63, 3.8) is 0 Å². The second kappa shape index (κ2) is 9.87. The number of hydrogen-bond acceptors (Lipinski definition) is 4. The van der Waals surface area contributed by atoms with Crippen molar-refractivity contribution in [2.45, 2.75) is 13.2 Å². The molecule has 0 saturated heterocycles. The van der Waals surface area contributed by atoms with Gasteiger partial charge < -0.3 is 15.2 Å². The predicted molar refractivity (Wildman–Crippen MR) is 121 cm³/mol. The van der Waals surface area contributed by atoms with Crippen LogP contribution in [0.3, 0.4) is 0 Å². The van der Waals surface area contributed by atoms with Gasteiger partial charge in [-0.2, -0.15) is 0 Å². The van der Waals surface area contributed by atoms with Gasteiger partial charge in [-0.25, -0.2) is 15.1 Å².